The van der Waals surface area contributed by atoms with Crippen molar-refractivity contribution < 1.29 is 13.2 Å². The first-order chi connectivity index (χ1) is 11.2. The fourth-order valence-corrected chi connectivity index (χ4v) is 3.63. The molecule has 1 unspecified atom stereocenters. The SMILES string of the molecule is Cc1ccc(NC(=O)C(C)S(=O)(=O)Cc2ccc(Cl)c(Cl)c2)cc1. The van der Waals surface area contributed by atoms with Gasteiger partial charge in [0.1, 0.15) is 5.25 Å². The van der Waals surface area contributed by atoms with Gasteiger partial charge in [0.15, 0.2) is 9.84 Å². The zero-order valence-corrected chi connectivity index (χ0v) is 15.5. The molecular weight excluding hydrogens is 369 g/mol. The molecule has 0 saturated carbocycles. The van der Waals surface area contributed by atoms with Crippen molar-refractivity contribution in [1.29, 1.82) is 0 Å². The van der Waals surface area contributed by atoms with Gasteiger partial charge >= 0.3 is 0 Å². The maximum Gasteiger partial charge on any atom is 0.242 e. The van der Waals surface area contributed by atoms with Crippen LogP contribution in [0.4, 0.5) is 5.69 Å². The molecule has 2 aromatic rings. The van der Waals surface area contributed by atoms with E-state index in [2.05, 4.69) is 5.32 Å². The van der Waals surface area contributed by atoms with E-state index in [1.807, 2.05) is 19.1 Å². The van der Waals surface area contributed by atoms with Gasteiger partial charge in [0, 0.05) is 5.69 Å². The summed E-state index contributed by atoms with van der Waals surface area (Å²) in [5.41, 5.74) is 2.09. The van der Waals surface area contributed by atoms with E-state index in [0.29, 0.717) is 16.3 Å². The second-order valence-corrected chi connectivity index (χ2v) is 8.69. The number of aryl methyl sites for hydroxylation is 1. The predicted octanol–water partition coefficient (Wildman–Crippen LogP) is 4.24. The molecule has 1 N–H and O–H groups in total. The van der Waals surface area contributed by atoms with Gasteiger partial charge in [-0.25, -0.2) is 8.42 Å². The number of carbonyl (C=O) groups is 1. The molecule has 0 aliphatic carbocycles. The smallest absolute Gasteiger partial charge is 0.242 e. The minimum atomic E-state index is -3.68. The van der Waals surface area contributed by atoms with Crippen LogP contribution in [0.3, 0.4) is 0 Å². The van der Waals surface area contributed by atoms with E-state index in [1.54, 1.807) is 18.2 Å². The molecule has 0 aliphatic heterocycles. The quantitative estimate of drug-likeness (QED) is 0.836. The van der Waals surface area contributed by atoms with Crippen LogP contribution >= 0.6 is 23.2 Å². The number of hydrogen-bond donors (Lipinski definition) is 1. The maximum atomic E-state index is 12.4. The summed E-state index contributed by atoms with van der Waals surface area (Å²) in [7, 11) is -3.68. The lowest BCUT2D eigenvalue weighted by molar-refractivity contribution is -0.115. The van der Waals surface area contributed by atoms with Crippen molar-refractivity contribution in [3.8, 4) is 0 Å². The molecule has 1 atom stereocenters. The van der Waals surface area contributed by atoms with Crippen LogP contribution in [0.2, 0.25) is 10.0 Å². The van der Waals surface area contributed by atoms with Crippen LogP contribution in [0.1, 0.15) is 18.1 Å². The highest BCUT2D eigenvalue weighted by Crippen LogP contribution is 2.24. The molecule has 1 amide bonds. The van der Waals surface area contributed by atoms with Crippen molar-refractivity contribution in [2.24, 2.45) is 0 Å². The molecule has 0 saturated heterocycles. The highest BCUT2D eigenvalue weighted by atomic mass is 35.5. The summed E-state index contributed by atoms with van der Waals surface area (Å²) in [5, 5.41) is 2.06. The number of nitrogens with one attached hydrogen (secondary N) is 1. The molecule has 0 radical (unpaired) electrons. The number of halogens is 2. The van der Waals surface area contributed by atoms with Crippen LogP contribution in [0.15, 0.2) is 42.5 Å². The Morgan fingerprint density at radius 2 is 1.71 bits per heavy atom. The lowest BCUT2D eigenvalue weighted by Gasteiger charge is -2.14. The number of amides is 1. The van der Waals surface area contributed by atoms with E-state index in [1.165, 1.54) is 19.1 Å². The average molecular weight is 386 g/mol. The molecule has 128 valence electrons. The van der Waals surface area contributed by atoms with Crippen molar-refractivity contribution in [2.75, 3.05) is 5.32 Å². The van der Waals surface area contributed by atoms with Gasteiger partial charge in [-0.05, 0) is 43.7 Å². The van der Waals surface area contributed by atoms with E-state index in [-0.39, 0.29) is 10.8 Å². The van der Waals surface area contributed by atoms with Crippen molar-refractivity contribution >= 4 is 44.6 Å². The number of anilines is 1. The standard InChI is InChI=1S/C17H17Cl2NO3S/c1-11-3-6-14(7-4-11)20-17(21)12(2)24(22,23)10-13-5-8-15(18)16(19)9-13/h3-9,12H,10H2,1-2H3,(H,20,21). The monoisotopic (exact) mass is 385 g/mol. The third-order valence-corrected chi connectivity index (χ3v) is 6.35. The lowest BCUT2D eigenvalue weighted by Crippen LogP contribution is -2.33. The second-order valence-electron chi connectivity index (χ2n) is 5.55. The topological polar surface area (TPSA) is 63.2 Å². The van der Waals surface area contributed by atoms with Crippen LogP contribution in [0, 0.1) is 6.92 Å². The highest BCUT2D eigenvalue weighted by Gasteiger charge is 2.28. The first-order valence-electron chi connectivity index (χ1n) is 7.22. The Kier molecular flexibility index (Phi) is 5.91. The number of sulfone groups is 1. The Bertz CT molecular complexity index is 849. The van der Waals surface area contributed by atoms with Gasteiger partial charge < -0.3 is 5.32 Å². The number of rotatable bonds is 5. The van der Waals surface area contributed by atoms with Gasteiger partial charge in [0.25, 0.3) is 0 Å². The Labute approximate surface area is 151 Å². The number of carbonyl (C=O) groups excluding carboxylic acids is 1. The van der Waals surface area contributed by atoms with E-state index >= 15 is 0 Å². The van der Waals surface area contributed by atoms with Gasteiger partial charge in [0.2, 0.25) is 5.91 Å². The normalized spacial score (nSPS) is 12.7. The molecule has 7 heteroatoms. The van der Waals surface area contributed by atoms with E-state index in [4.69, 9.17) is 23.2 Å². The molecule has 0 fully saturated rings. The molecular formula is C17H17Cl2NO3S. The van der Waals surface area contributed by atoms with Crippen molar-refractivity contribution in [2.45, 2.75) is 24.9 Å². The zero-order valence-electron chi connectivity index (χ0n) is 13.2. The summed E-state index contributed by atoms with van der Waals surface area (Å²) < 4.78 is 24.9. The maximum absolute atomic E-state index is 12.4. The van der Waals surface area contributed by atoms with Crippen molar-refractivity contribution in [3.63, 3.8) is 0 Å². The average Bonchev–Trinajstić information content (AvgIpc) is 2.52. The van der Waals surface area contributed by atoms with E-state index < -0.39 is 21.0 Å². The predicted molar refractivity (Wildman–Crippen MR) is 98.4 cm³/mol. The van der Waals surface area contributed by atoms with Gasteiger partial charge in [-0.3, -0.25) is 4.79 Å². The minimum absolute atomic E-state index is 0.279. The first-order valence-corrected chi connectivity index (χ1v) is 9.69. The summed E-state index contributed by atoms with van der Waals surface area (Å²) in [6.45, 7) is 3.30. The molecule has 0 aliphatic rings. The third-order valence-electron chi connectivity index (χ3n) is 3.58. The van der Waals surface area contributed by atoms with Crippen LogP contribution in [0.25, 0.3) is 0 Å². The number of benzene rings is 2. The third kappa shape index (κ3) is 4.72. The van der Waals surface area contributed by atoms with Crippen LogP contribution < -0.4 is 5.32 Å². The Morgan fingerprint density at radius 3 is 2.29 bits per heavy atom. The van der Waals surface area contributed by atoms with Crippen molar-refractivity contribution in [1.82, 2.24) is 0 Å². The van der Waals surface area contributed by atoms with E-state index in [0.717, 1.165) is 5.56 Å². The van der Waals surface area contributed by atoms with Crippen LogP contribution in [-0.2, 0) is 20.4 Å². The van der Waals surface area contributed by atoms with Gasteiger partial charge in [-0.1, -0.05) is 47.0 Å². The summed E-state index contributed by atoms with van der Waals surface area (Å²) >= 11 is 11.7. The fourth-order valence-electron chi connectivity index (χ4n) is 2.03. The van der Waals surface area contributed by atoms with E-state index in [9.17, 15) is 13.2 Å². The molecule has 2 aromatic carbocycles. The molecule has 0 bridgehead atoms. The second kappa shape index (κ2) is 7.55. The Balaban J connectivity index is 2.10. The molecule has 0 spiro atoms. The first kappa shape index (κ1) is 18.8. The molecule has 0 aromatic heterocycles. The van der Waals surface area contributed by atoms with Gasteiger partial charge in [0.05, 0.1) is 15.8 Å². The van der Waals surface area contributed by atoms with Crippen molar-refractivity contribution in [3.05, 3.63) is 63.6 Å². The molecule has 2 rings (SSSR count). The highest BCUT2D eigenvalue weighted by molar-refractivity contribution is 7.92. The lowest BCUT2D eigenvalue weighted by atomic mass is 10.2. The van der Waals surface area contributed by atoms with Crippen LogP contribution in [-0.4, -0.2) is 19.6 Å². The Morgan fingerprint density at radius 1 is 1.08 bits per heavy atom. The molecule has 24 heavy (non-hydrogen) atoms. The van der Waals surface area contributed by atoms with Gasteiger partial charge in [-0.2, -0.15) is 0 Å². The molecule has 4 nitrogen and oxygen atoms in total. The number of hydrogen-bond acceptors (Lipinski definition) is 3. The summed E-state index contributed by atoms with van der Waals surface area (Å²) in [5.74, 6) is -0.856. The fraction of sp³-hybridized carbons (Fsp3) is 0.235. The largest absolute Gasteiger partial charge is 0.325 e. The van der Waals surface area contributed by atoms with Gasteiger partial charge in [-0.15, -0.1) is 0 Å². The minimum Gasteiger partial charge on any atom is -0.325 e. The molecule has 0 heterocycles. The summed E-state index contributed by atoms with van der Waals surface area (Å²) in [4.78, 5) is 12.2. The summed E-state index contributed by atoms with van der Waals surface area (Å²) in [6.07, 6.45) is 0. The van der Waals surface area contributed by atoms with Crippen LogP contribution in [0.5, 0.6) is 0 Å². The Hall–Kier alpha value is -1.56. The zero-order chi connectivity index (χ0) is 17.9. The summed E-state index contributed by atoms with van der Waals surface area (Å²) in [6, 6.07) is 11.7.